The van der Waals surface area contributed by atoms with E-state index in [2.05, 4.69) is 4.98 Å². The Balaban J connectivity index is 1.90. The Morgan fingerprint density at radius 3 is 2.61 bits per heavy atom. The van der Waals surface area contributed by atoms with Crippen LogP contribution in [0.3, 0.4) is 0 Å². The lowest BCUT2D eigenvalue weighted by Crippen LogP contribution is -2.23. The molecule has 5 nitrogen and oxygen atoms in total. The van der Waals surface area contributed by atoms with Crippen molar-refractivity contribution in [2.45, 2.75) is 32.6 Å². The smallest absolute Gasteiger partial charge is 0.165 e. The monoisotopic (exact) mass is 312 g/mol. The quantitative estimate of drug-likeness (QED) is 0.936. The number of aromatic amines is 1. The number of carbonyl (C=O) groups excluding carboxylic acids is 2. The molecule has 1 aliphatic carbocycles. The number of carbonyl (C=O) groups is 2. The van der Waals surface area contributed by atoms with Crippen molar-refractivity contribution in [1.82, 2.24) is 4.98 Å². The van der Waals surface area contributed by atoms with E-state index in [4.69, 9.17) is 4.74 Å². The molecular weight excluding hydrogens is 294 g/mol. The fourth-order valence-corrected chi connectivity index (χ4v) is 3.28. The van der Waals surface area contributed by atoms with Gasteiger partial charge in [-0.25, -0.2) is 0 Å². The predicted octanol–water partition coefficient (Wildman–Crippen LogP) is 2.00. The Morgan fingerprint density at radius 1 is 1.30 bits per heavy atom. The average Bonchev–Trinajstić information content (AvgIpc) is 2.86. The summed E-state index contributed by atoms with van der Waals surface area (Å²) in [6, 6.07) is 7.71. The predicted molar refractivity (Wildman–Crippen MR) is 82.9 cm³/mol. The van der Waals surface area contributed by atoms with Gasteiger partial charge in [-0.2, -0.15) is 0 Å². The van der Waals surface area contributed by atoms with E-state index >= 15 is 0 Å². The molecule has 1 aromatic heterocycles. The third-order valence-corrected chi connectivity index (χ3v) is 4.36. The summed E-state index contributed by atoms with van der Waals surface area (Å²) < 4.78 is 5.43. The van der Waals surface area contributed by atoms with E-state index in [-0.39, 0.29) is 17.4 Å². The maximum Gasteiger partial charge on any atom is 0.165 e. The third kappa shape index (κ3) is 2.74. The number of hydrogen-bond acceptors (Lipinski definition) is 4. The lowest BCUT2D eigenvalue weighted by molar-refractivity contribution is -0.255. The number of aromatic nitrogens is 1. The molecule has 0 saturated heterocycles. The molecule has 0 spiro atoms. The molecule has 3 rings (SSSR count). The molecule has 23 heavy (non-hydrogen) atoms. The molecule has 0 fully saturated rings. The second kappa shape index (κ2) is 5.91. The van der Waals surface area contributed by atoms with Crippen LogP contribution in [-0.4, -0.2) is 23.3 Å². The summed E-state index contributed by atoms with van der Waals surface area (Å²) in [6.45, 7) is 4.19. The Kier molecular flexibility index (Phi) is 3.94. The van der Waals surface area contributed by atoms with Gasteiger partial charge < -0.3 is 19.6 Å². The van der Waals surface area contributed by atoms with Gasteiger partial charge in [-0.1, -0.05) is 12.1 Å². The van der Waals surface area contributed by atoms with E-state index in [9.17, 15) is 14.7 Å². The number of carboxylic acids is 1. The maximum atomic E-state index is 12.4. The molecule has 0 unspecified atom stereocenters. The van der Waals surface area contributed by atoms with Gasteiger partial charge in [-0.15, -0.1) is 0 Å². The van der Waals surface area contributed by atoms with Gasteiger partial charge >= 0.3 is 0 Å². The Bertz CT molecular complexity index is 758. The number of Topliss-reactive ketones (excluding diaryl/α,β-unsaturated/α-hetero) is 1. The number of carboxylic acid groups (broad SMARTS) is 1. The van der Waals surface area contributed by atoms with Crippen LogP contribution >= 0.6 is 0 Å². The summed E-state index contributed by atoms with van der Waals surface area (Å²) >= 11 is 0. The number of ketones is 1. The molecule has 1 heterocycles. The molecule has 0 aliphatic heterocycles. The molecule has 5 heteroatoms. The first-order valence-corrected chi connectivity index (χ1v) is 7.70. The molecule has 1 aromatic carbocycles. The molecule has 1 atom stereocenters. The van der Waals surface area contributed by atoms with Gasteiger partial charge in [-0.05, 0) is 49.4 Å². The third-order valence-electron chi connectivity index (χ3n) is 4.36. The van der Waals surface area contributed by atoms with Crippen molar-refractivity contribution in [3.8, 4) is 5.75 Å². The minimum atomic E-state index is -1.28. The molecule has 0 radical (unpaired) electrons. The molecular formula is C18H18NO4-. The summed E-state index contributed by atoms with van der Waals surface area (Å²) in [5.41, 5.74) is 2.75. The van der Waals surface area contributed by atoms with Crippen LogP contribution in [0.4, 0.5) is 0 Å². The molecule has 0 saturated carbocycles. The SMILES string of the molecule is CCOc1ccc([C@H]2CC(=O)c3c([nH]c(C(=O)[O-])c3C)C2)cc1. The van der Waals surface area contributed by atoms with Crippen LogP contribution in [0.1, 0.15) is 56.9 Å². The van der Waals surface area contributed by atoms with Gasteiger partial charge in [0.1, 0.15) is 5.75 Å². The van der Waals surface area contributed by atoms with Gasteiger partial charge in [0.25, 0.3) is 0 Å². The van der Waals surface area contributed by atoms with E-state index in [0.29, 0.717) is 36.3 Å². The molecule has 2 aromatic rings. The van der Waals surface area contributed by atoms with Crippen LogP contribution in [0.2, 0.25) is 0 Å². The van der Waals surface area contributed by atoms with Gasteiger partial charge in [0, 0.05) is 17.7 Å². The number of H-pyrrole nitrogens is 1. The van der Waals surface area contributed by atoms with Crippen LogP contribution in [0.15, 0.2) is 24.3 Å². The van der Waals surface area contributed by atoms with Crippen LogP contribution < -0.4 is 9.84 Å². The van der Waals surface area contributed by atoms with Gasteiger partial charge in [-0.3, -0.25) is 4.79 Å². The van der Waals surface area contributed by atoms with Crippen molar-refractivity contribution < 1.29 is 19.4 Å². The van der Waals surface area contributed by atoms with E-state index in [1.807, 2.05) is 31.2 Å². The van der Waals surface area contributed by atoms with Crippen molar-refractivity contribution in [1.29, 1.82) is 0 Å². The van der Waals surface area contributed by atoms with E-state index in [1.165, 1.54) is 0 Å². The summed E-state index contributed by atoms with van der Waals surface area (Å²) in [7, 11) is 0. The van der Waals surface area contributed by atoms with Crippen LogP contribution in [0, 0.1) is 6.92 Å². The largest absolute Gasteiger partial charge is 0.543 e. The number of benzene rings is 1. The lowest BCUT2D eigenvalue weighted by atomic mass is 9.81. The maximum absolute atomic E-state index is 12.4. The number of ether oxygens (including phenoxy) is 1. The molecule has 0 bridgehead atoms. The summed E-state index contributed by atoms with van der Waals surface area (Å²) in [5, 5.41) is 11.1. The highest BCUT2D eigenvalue weighted by atomic mass is 16.5. The van der Waals surface area contributed by atoms with E-state index < -0.39 is 5.97 Å². The number of aromatic carboxylic acids is 1. The number of nitrogens with one attached hydrogen (secondary N) is 1. The fraction of sp³-hybridized carbons (Fsp3) is 0.333. The molecule has 1 aliphatic rings. The Morgan fingerprint density at radius 2 is 2.00 bits per heavy atom. The minimum Gasteiger partial charge on any atom is -0.543 e. The van der Waals surface area contributed by atoms with Gasteiger partial charge in [0.05, 0.1) is 18.3 Å². The average molecular weight is 312 g/mol. The van der Waals surface area contributed by atoms with Crippen LogP contribution in [-0.2, 0) is 6.42 Å². The Labute approximate surface area is 134 Å². The van der Waals surface area contributed by atoms with E-state index in [1.54, 1.807) is 6.92 Å². The van der Waals surface area contributed by atoms with Gasteiger partial charge in [0.15, 0.2) is 5.78 Å². The number of fused-ring (bicyclic) bond motifs is 1. The van der Waals surface area contributed by atoms with E-state index in [0.717, 1.165) is 11.3 Å². The molecule has 0 amide bonds. The van der Waals surface area contributed by atoms with Gasteiger partial charge in [0.2, 0.25) is 0 Å². The first-order valence-electron chi connectivity index (χ1n) is 7.70. The highest BCUT2D eigenvalue weighted by molar-refractivity contribution is 6.03. The Hall–Kier alpha value is -2.56. The van der Waals surface area contributed by atoms with Crippen LogP contribution in [0.5, 0.6) is 5.75 Å². The first-order chi connectivity index (χ1) is 11.0. The zero-order valence-electron chi connectivity index (χ0n) is 13.1. The number of hydrogen-bond donors (Lipinski definition) is 1. The highest BCUT2D eigenvalue weighted by Crippen LogP contribution is 2.35. The van der Waals surface area contributed by atoms with Crippen molar-refractivity contribution in [2.24, 2.45) is 0 Å². The topological polar surface area (TPSA) is 82.2 Å². The second-order valence-corrected chi connectivity index (χ2v) is 5.80. The first kappa shape index (κ1) is 15.3. The van der Waals surface area contributed by atoms with Crippen molar-refractivity contribution in [2.75, 3.05) is 6.61 Å². The summed E-state index contributed by atoms with van der Waals surface area (Å²) in [5.74, 6) is -0.457. The zero-order valence-corrected chi connectivity index (χ0v) is 13.1. The summed E-state index contributed by atoms with van der Waals surface area (Å²) in [4.78, 5) is 26.4. The zero-order chi connectivity index (χ0) is 16.6. The lowest BCUT2D eigenvalue weighted by Gasteiger charge is -2.22. The standard InChI is InChI=1S/C18H19NO4/c1-3-23-13-6-4-11(5-7-13)12-8-14-16(15(20)9-12)10(2)17(19-14)18(21)22/h4-7,12,19H,3,8-9H2,1-2H3,(H,21,22)/p-1/t12-/m1/s1. The van der Waals surface area contributed by atoms with Crippen molar-refractivity contribution in [3.63, 3.8) is 0 Å². The fourth-order valence-electron chi connectivity index (χ4n) is 3.28. The molecule has 120 valence electrons. The highest BCUT2D eigenvalue weighted by Gasteiger charge is 2.30. The second-order valence-electron chi connectivity index (χ2n) is 5.80. The minimum absolute atomic E-state index is 0.00990. The summed E-state index contributed by atoms with van der Waals surface area (Å²) in [6.07, 6.45) is 0.995. The molecule has 1 N–H and O–H groups in total. The van der Waals surface area contributed by atoms with Crippen molar-refractivity contribution in [3.05, 3.63) is 52.3 Å². The normalized spacial score (nSPS) is 17.0. The van der Waals surface area contributed by atoms with Crippen LogP contribution in [0.25, 0.3) is 0 Å². The van der Waals surface area contributed by atoms with Crippen molar-refractivity contribution >= 4 is 11.8 Å². The number of rotatable bonds is 4.